The quantitative estimate of drug-likeness (QED) is 0.784. The lowest BCUT2D eigenvalue weighted by Gasteiger charge is -2.19. The molecule has 0 aliphatic heterocycles. The molecule has 1 aromatic carbocycles. The van der Waals surface area contributed by atoms with E-state index in [0.717, 1.165) is 12.7 Å². The van der Waals surface area contributed by atoms with Crippen LogP contribution in [0.5, 0.6) is 0 Å². The first-order chi connectivity index (χ1) is 7.04. The summed E-state index contributed by atoms with van der Waals surface area (Å²) >= 11 is 0. The maximum absolute atomic E-state index is 12.2. The van der Waals surface area contributed by atoms with Gasteiger partial charge in [-0.1, -0.05) is 30.3 Å². The first-order valence-electron chi connectivity index (χ1n) is 4.41. The van der Waals surface area contributed by atoms with Crippen molar-refractivity contribution in [1.29, 1.82) is 0 Å². The summed E-state index contributed by atoms with van der Waals surface area (Å²) in [5, 5.41) is 2.28. The van der Waals surface area contributed by atoms with E-state index in [0.29, 0.717) is 0 Å². The molecule has 0 fully saturated rings. The van der Waals surface area contributed by atoms with Gasteiger partial charge in [0.2, 0.25) is 6.23 Å². The molecule has 0 aromatic heterocycles. The van der Waals surface area contributed by atoms with Gasteiger partial charge >= 0.3 is 6.18 Å². The second kappa shape index (κ2) is 5.14. The second-order valence-corrected chi connectivity index (χ2v) is 3.02. The van der Waals surface area contributed by atoms with Gasteiger partial charge in [0.05, 0.1) is 0 Å². The Hall–Kier alpha value is -1.07. The van der Waals surface area contributed by atoms with E-state index < -0.39 is 12.4 Å². The highest BCUT2D eigenvalue weighted by molar-refractivity contribution is 5.14. The maximum Gasteiger partial charge on any atom is 0.428 e. The normalized spacial score (nSPS) is 13.9. The summed E-state index contributed by atoms with van der Waals surface area (Å²) in [6.07, 6.45) is -6.30. The van der Waals surface area contributed by atoms with E-state index in [4.69, 9.17) is 0 Å². The lowest BCUT2D eigenvalue weighted by molar-refractivity contribution is -0.223. The van der Waals surface area contributed by atoms with Crippen LogP contribution in [0, 0.1) is 0 Å². The zero-order valence-corrected chi connectivity index (χ0v) is 8.21. The molecular weight excluding hydrogens is 207 g/mol. The Morgan fingerprint density at radius 3 is 2.33 bits per heavy atom. The molecule has 1 rings (SSSR count). The van der Waals surface area contributed by atoms with Crippen LogP contribution in [0.1, 0.15) is 5.56 Å². The van der Waals surface area contributed by atoms with Gasteiger partial charge in [-0.3, -0.25) is 5.32 Å². The molecule has 1 aromatic rings. The molecule has 0 amide bonds. The van der Waals surface area contributed by atoms with Crippen molar-refractivity contribution in [3.63, 3.8) is 0 Å². The van der Waals surface area contributed by atoms with Crippen molar-refractivity contribution in [1.82, 2.24) is 5.32 Å². The molecule has 2 nitrogen and oxygen atoms in total. The van der Waals surface area contributed by atoms with E-state index in [-0.39, 0.29) is 6.54 Å². The molecule has 1 atom stereocenters. The van der Waals surface area contributed by atoms with Gasteiger partial charge in [-0.2, -0.15) is 13.2 Å². The molecule has 0 aliphatic carbocycles. The summed E-state index contributed by atoms with van der Waals surface area (Å²) in [7, 11) is 1.02. The predicted octanol–water partition coefficient (Wildman–Crippen LogP) is 2.31. The van der Waals surface area contributed by atoms with Crippen LogP contribution in [0.3, 0.4) is 0 Å². The zero-order valence-electron chi connectivity index (χ0n) is 8.21. The first-order valence-corrected chi connectivity index (χ1v) is 4.41. The third-order valence-electron chi connectivity index (χ3n) is 1.87. The Labute approximate surface area is 86.1 Å². The minimum atomic E-state index is -4.39. The number of nitrogens with one attached hydrogen (secondary N) is 1. The van der Waals surface area contributed by atoms with Crippen LogP contribution in [-0.4, -0.2) is 19.5 Å². The lowest BCUT2D eigenvalue weighted by Crippen LogP contribution is -2.43. The van der Waals surface area contributed by atoms with Crippen molar-refractivity contribution in [2.24, 2.45) is 0 Å². The molecule has 0 heterocycles. The highest BCUT2D eigenvalue weighted by atomic mass is 19.4. The Kier molecular flexibility index (Phi) is 4.11. The van der Waals surface area contributed by atoms with Gasteiger partial charge in [-0.25, -0.2) is 0 Å². The number of benzene rings is 1. The Morgan fingerprint density at radius 2 is 1.87 bits per heavy atom. The molecule has 0 aliphatic rings. The topological polar surface area (TPSA) is 21.3 Å². The summed E-state index contributed by atoms with van der Waals surface area (Å²) in [4.78, 5) is 0. The van der Waals surface area contributed by atoms with Gasteiger partial charge in [0.15, 0.2) is 0 Å². The third kappa shape index (κ3) is 3.89. The fourth-order valence-corrected chi connectivity index (χ4v) is 1.14. The van der Waals surface area contributed by atoms with Crippen LogP contribution in [0.2, 0.25) is 0 Å². The van der Waals surface area contributed by atoms with Gasteiger partial charge in [0.25, 0.3) is 0 Å². The van der Waals surface area contributed by atoms with Crippen molar-refractivity contribution in [2.75, 3.05) is 7.11 Å². The monoisotopic (exact) mass is 219 g/mol. The Bertz CT molecular complexity index is 286. The highest BCUT2D eigenvalue weighted by Crippen LogP contribution is 2.20. The molecule has 0 saturated heterocycles. The maximum atomic E-state index is 12.2. The van der Waals surface area contributed by atoms with Crippen molar-refractivity contribution in [2.45, 2.75) is 18.9 Å². The van der Waals surface area contributed by atoms with Crippen LogP contribution < -0.4 is 5.32 Å². The molecule has 5 heteroatoms. The number of rotatable bonds is 4. The first kappa shape index (κ1) is 12.0. The average molecular weight is 219 g/mol. The van der Waals surface area contributed by atoms with Crippen molar-refractivity contribution >= 4 is 0 Å². The molecule has 1 unspecified atom stereocenters. The highest BCUT2D eigenvalue weighted by Gasteiger charge is 2.39. The predicted molar refractivity (Wildman–Crippen MR) is 50.1 cm³/mol. The van der Waals surface area contributed by atoms with Crippen molar-refractivity contribution in [3.05, 3.63) is 35.9 Å². The summed E-state index contributed by atoms with van der Waals surface area (Å²) in [6, 6.07) is 8.84. The standard InChI is InChI=1S/C10H12F3NO/c1-15-9(10(11,12)13)14-7-8-5-3-2-4-6-8/h2-6,9,14H,7H2,1H3. The number of hydrogen-bond donors (Lipinski definition) is 1. The smallest absolute Gasteiger partial charge is 0.357 e. The summed E-state index contributed by atoms with van der Waals surface area (Å²) < 4.78 is 41.0. The minimum absolute atomic E-state index is 0.124. The van der Waals surface area contributed by atoms with E-state index in [2.05, 4.69) is 10.1 Å². The third-order valence-corrected chi connectivity index (χ3v) is 1.87. The molecule has 0 radical (unpaired) electrons. The zero-order chi connectivity index (χ0) is 11.3. The molecule has 84 valence electrons. The fourth-order valence-electron chi connectivity index (χ4n) is 1.14. The van der Waals surface area contributed by atoms with Crippen molar-refractivity contribution in [3.8, 4) is 0 Å². The van der Waals surface area contributed by atoms with Gasteiger partial charge < -0.3 is 4.74 Å². The molecule has 0 spiro atoms. The number of halogens is 3. The molecule has 1 N–H and O–H groups in total. The van der Waals surface area contributed by atoms with Crippen LogP contribution in [0.15, 0.2) is 30.3 Å². The van der Waals surface area contributed by atoms with E-state index in [1.54, 1.807) is 30.3 Å². The van der Waals surface area contributed by atoms with Gasteiger partial charge in [-0.15, -0.1) is 0 Å². The van der Waals surface area contributed by atoms with E-state index >= 15 is 0 Å². The summed E-state index contributed by atoms with van der Waals surface area (Å²) in [6.45, 7) is 0.124. The van der Waals surface area contributed by atoms with Crippen molar-refractivity contribution < 1.29 is 17.9 Å². The summed E-state index contributed by atoms with van der Waals surface area (Å²) in [5.74, 6) is 0. The van der Waals surface area contributed by atoms with Crippen LogP contribution >= 0.6 is 0 Å². The largest absolute Gasteiger partial charge is 0.428 e. The van der Waals surface area contributed by atoms with Crippen LogP contribution in [0.4, 0.5) is 13.2 Å². The second-order valence-electron chi connectivity index (χ2n) is 3.02. The van der Waals surface area contributed by atoms with Gasteiger partial charge in [0.1, 0.15) is 0 Å². The molecular formula is C10H12F3NO. The van der Waals surface area contributed by atoms with Crippen LogP contribution in [-0.2, 0) is 11.3 Å². The number of ether oxygens (including phenoxy) is 1. The SMILES string of the molecule is COC(NCc1ccccc1)C(F)(F)F. The van der Waals surface area contributed by atoms with Crippen LogP contribution in [0.25, 0.3) is 0 Å². The Morgan fingerprint density at radius 1 is 1.27 bits per heavy atom. The number of alkyl halides is 3. The van der Waals surface area contributed by atoms with E-state index in [9.17, 15) is 13.2 Å². The average Bonchev–Trinajstić information content (AvgIpc) is 2.18. The summed E-state index contributed by atoms with van der Waals surface area (Å²) in [5.41, 5.74) is 0.781. The lowest BCUT2D eigenvalue weighted by atomic mass is 10.2. The van der Waals surface area contributed by atoms with E-state index in [1.165, 1.54) is 0 Å². The van der Waals surface area contributed by atoms with Gasteiger partial charge in [0, 0.05) is 13.7 Å². The number of methoxy groups -OCH3 is 1. The van der Waals surface area contributed by atoms with E-state index in [1.807, 2.05) is 0 Å². The van der Waals surface area contributed by atoms with Gasteiger partial charge in [-0.05, 0) is 5.56 Å². The molecule has 15 heavy (non-hydrogen) atoms. The Balaban J connectivity index is 2.49. The fraction of sp³-hybridized carbons (Fsp3) is 0.400. The molecule has 0 saturated carbocycles. The number of hydrogen-bond acceptors (Lipinski definition) is 2. The molecule has 0 bridgehead atoms. The minimum Gasteiger partial charge on any atom is -0.357 e.